The Kier molecular flexibility index (Phi) is 4.76. The second kappa shape index (κ2) is 7.25. The Balaban J connectivity index is 1.17. The van der Waals surface area contributed by atoms with Crippen molar-refractivity contribution in [1.82, 2.24) is 9.80 Å². The van der Waals surface area contributed by atoms with Crippen LogP contribution >= 0.6 is 12.2 Å². The lowest BCUT2D eigenvalue weighted by Crippen LogP contribution is -2.60. The Morgan fingerprint density at radius 2 is 1.67 bits per heavy atom. The molecule has 0 amide bonds. The highest BCUT2D eigenvalue weighted by atomic mass is 32.1. The van der Waals surface area contributed by atoms with Crippen LogP contribution in [-0.2, 0) is 0 Å². The van der Waals surface area contributed by atoms with Gasteiger partial charge in [0.1, 0.15) is 5.75 Å². The second-order valence-electron chi connectivity index (χ2n) is 9.11. The maximum absolute atomic E-state index is 5.69. The molecular formula is C22H31N3OS. The van der Waals surface area contributed by atoms with E-state index in [9.17, 15) is 0 Å². The molecule has 1 heterocycles. The third kappa shape index (κ3) is 3.44. The lowest BCUT2D eigenvalue weighted by Gasteiger charge is -2.58. The molecule has 5 aliphatic rings. The molecule has 0 unspecified atom stereocenters. The normalized spacial score (nSPS) is 35.3. The third-order valence-corrected chi connectivity index (χ3v) is 7.88. The van der Waals surface area contributed by atoms with Crippen molar-refractivity contribution in [2.24, 2.45) is 23.7 Å². The smallest absolute Gasteiger partial charge is 0.173 e. The highest BCUT2D eigenvalue weighted by molar-refractivity contribution is 7.80. The van der Waals surface area contributed by atoms with Crippen LogP contribution in [0.2, 0.25) is 0 Å². The van der Waals surface area contributed by atoms with E-state index < -0.39 is 0 Å². The van der Waals surface area contributed by atoms with Crippen molar-refractivity contribution < 1.29 is 4.74 Å². The van der Waals surface area contributed by atoms with Gasteiger partial charge in [0, 0.05) is 44.0 Å². The first-order valence-electron chi connectivity index (χ1n) is 10.6. The van der Waals surface area contributed by atoms with Gasteiger partial charge in [0.15, 0.2) is 5.11 Å². The molecule has 27 heavy (non-hydrogen) atoms. The monoisotopic (exact) mass is 385 g/mol. The summed E-state index contributed by atoms with van der Waals surface area (Å²) >= 11 is 5.69. The van der Waals surface area contributed by atoms with Gasteiger partial charge in [0.05, 0.1) is 7.11 Å². The minimum Gasteiger partial charge on any atom is -0.497 e. The average molecular weight is 386 g/mol. The molecule has 6 rings (SSSR count). The van der Waals surface area contributed by atoms with Crippen molar-refractivity contribution in [2.45, 2.75) is 38.1 Å². The summed E-state index contributed by atoms with van der Waals surface area (Å²) in [5.74, 6) is 4.94. The molecule has 0 spiro atoms. The van der Waals surface area contributed by atoms with Crippen LogP contribution in [0, 0.1) is 23.7 Å². The molecule has 4 saturated carbocycles. The number of thiocarbonyl (C=S) groups is 1. The number of nitrogens with zero attached hydrogens (tertiary/aromatic N) is 2. The molecule has 1 N–H and O–H groups in total. The number of rotatable bonds is 3. The first kappa shape index (κ1) is 17.7. The van der Waals surface area contributed by atoms with Crippen molar-refractivity contribution >= 4 is 23.0 Å². The zero-order valence-corrected chi connectivity index (χ0v) is 17.1. The van der Waals surface area contributed by atoms with Gasteiger partial charge in [-0.15, -0.1) is 0 Å². The van der Waals surface area contributed by atoms with E-state index >= 15 is 0 Å². The Morgan fingerprint density at radius 3 is 2.30 bits per heavy atom. The first-order chi connectivity index (χ1) is 13.2. The molecule has 1 aromatic carbocycles. The van der Waals surface area contributed by atoms with Crippen LogP contribution in [0.25, 0.3) is 0 Å². The van der Waals surface area contributed by atoms with Gasteiger partial charge >= 0.3 is 0 Å². The predicted molar refractivity (Wildman–Crippen MR) is 113 cm³/mol. The highest BCUT2D eigenvalue weighted by Gasteiger charge is 2.50. The maximum Gasteiger partial charge on any atom is 0.173 e. The van der Waals surface area contributed by atoms with E-state index in [2.05, 4.69) is 15.1 Å². The lowest BCUT2D eigenvalue weighted by molar-refractivity contribution is -0.0726. The van der Waals surface area contributed by atoms with Crippen LogP contribution in [-0.4, -0.2) is 54.2 Å². The molecule has 1 aliphatic heterocycles. The van der Waals surface area contributed by atoms with E-state index in [1.807, 2.05) is 24.3 Å². The van der Waals surface area contributed by atoms with Gasteiger partial charge in [0.2, 0.25) is 0 Å². The summed E-state index contributed by atoms with van der Waals surface area (Å²) in [5, 5.41) is 4.23. The van der Waals surface area contributed by atoms with E-state index in [-0.39, 0.29) is 0 Å². The van der Waals surface area contributed by atoms with Crippen LogP contribution in [0.15, 0.2) is 24.3 Å². The largest absolute Gasteiger partial charge is 0.497 e. The second-order valence-corrected chi connectivity index (χ2v) is 9.49. The molecule has 0 aromatic heterocycles. The summed E-state index contributed by atoms with van der Waals surface area (Å²) in [6.45, 7) is 4.40. The average Bonchev–Trinajstić information content (AvgIpc) is 2.68. The van der Waals surface area contributed by atoms with Gasteiger partial charge in [-0.1, -0.05) is 6.07 Å². The highest BCUT2D eigenvalue weighted by Crippen LogP contribution is 2.55. The van der Waals surface area contributed by atoms with Gasteiger partial charge < -0.3 is 15.0 Å². The fourth-order valence-corrected chi connectivity index (χ4v) is 6.92. The summed E-state index contributed by atoms with van der Waals surface area (Å²) in [4.78, 5) is 5.15. The molecule has 1 aromatic rings. The van der Waals surface area contributed by atoms with Gasteiger partial charge in [-0.25, -0.2) is 0 Å². The summed E-state index contributed by atoms with van der Waals surface area (Å²) in [6.07, 6.45) is 7.57. The SMILES string of the molecule is COc1cccc(NC(=S)N2CCN(C3C4CC5CC(C4)CC3C5)CC2)c1. The van der Waals surface area contributed by atoms with E-state index in [4.69, 9.17) is 17.0 Å². The maximum atomic E-state index is 5.69. The minimum atomic E-state index is 0.841. The fourth-order valence-electron chi connectivity index (χ4n) is 6.62. The Bertz CT molecular complexity index is 673. The summed E-state index contributed by atoms with van der Waals surface area (Å²) < 4.78 is 5.31. The first-order valence-corrected chi connectivity index (χ1v) is 11.0. The molecular weight excluding hydrogens is 354 g/mol. The number of ether oxygens (including phenoxy) is 1. The van der Waals surface area contributed by atoms with Crippen LogP contribution < -0.4 is 10.1 Å². The molecule has 4 aliphatic carbocycles. The Labute approximate surface area is 168 Å². The van der Waals surface area contributed by atoms with Crippen molar-refractivity contribution in [2.75, 3.05) is 38.6 Å². The zero-order valence-electron chi connectivity index (χ0n) is 16.3. The van der Waals surface area contributed by atoms with E-state index in [0.717, 1.165) is 72.4 Å². The van der Waals surface area contributed by atoms with Crippen molar-refractivity contribution in [3.05, 3.63) is 24.3 Å². The number of hydrogen-bond donors (Lipinski definition) is 1. The molecule has 4 bridgehead atoms. The van der Waals surface area contributed by atoms with Crippen molar-refractivity contribution in [1.29, 1.82) is 0 Å². The molecule has 5 fully saturated rings. The number of benzene rings is 1. The fraction of sp³-hybridized carbons (Fsp3) is 0.682. The lowest BCUT2D eigenvalue weighted by atomic mass is 9.54. The Hall–Kier alpha value is -1.33. The number of nitrogens with one attached hydrogen (secondary N) is 1. The van der Waals surface area contributed by atoms with Gasteiger partial charge in [-0.2, -0.15) is 0 Å². The summed E-state index contributed by atoms with van der Waals surface area (Å²) in [6, 6.07) is 8.85. The minimum absolute atomic E-state index is 0.841. The zero-order chi connectivity index (χ0) is 18.4. The summed E-state index contributed by atoms with van der Waals surface area (Å²) in [5.41, 5.74) is 1.00. The molecule has 1 saturated heterocycles. The molecule has 146 valence electrons. The van der Waals surface area contributed by atoms with E-state index in [1.165, 1.54) is 32.1 Å². The number of piperazine rings is 1. The van der Waals surface area contributed by atoms with Gasteiger partial charge in [-0.05, 0) is 80.1 Å². The van der Waals surface area contributed by atoms with Crippen molar-refractivity contribution in [3.63, 3.8) is 0 Å². The Morgan fingerprint density at radius 1 is 1.00 bits per heavy atom. The number of hydrogen-bond acceptors (Lipinski definition) is 3. The van der Waals surface area contributed by atoms with Crippen LogP contribution in [0.3, 0.4) is 0 Å². The van der Waals surface area contributed by atoms with Crippen LogP contribution in [0.4, 0.5) is 5.69 Å². The molecule has 0 radical (unpaired) electrons. The third-order valence-electron chi connectivity index (χ3n) is 7.52. The van der Waals surface area contributed by atoms with Crippen molar-refractivity contribution in [3.8, 4) is 5.75 Å². The molecule has 5 heteroatoms. The molecule has 4 nitrogen and oxygen atoms in total. The van der Waals surface area contributed by atoms with Crippen LogP contribution in [0.5, 0.6) is 5.75 Å². The van der Waals surface area contributed by atoms with E-state index in [0.29, 0.717) is 0 Å². The van der Waals surface area contributed by atoms with Gasteiger partial charge in [0.25, 0.3) is 0 Å². The number of methoxy groups -OCH3 is 1. The standard InChI is InChI=1S/C22H31N3OS/c1-26-20-4-2-3-19(14-20)23-22(27)25-7-5-24(6-8-25)21-17-10-15-9-16(12-17)13-18(21)11-15/h2-4,14-18,21H,5-13H2,1H3,(H,23,27). The molecule has 0 atom stereocenters. The van der Waals surface area contributed by atoms with E-state index in [1.54, 1.807) is 7.11 Å². The quantitative estimate of drug-likeness (QED) is 0.798. The van der Waals surface area contributed by atoms with Gasteiger partial charge in [-0.3, -0.25) is 4.90 Å². The topological polar surface area (TPSA) is 27.7 Å². The number of anilines is 1. The summed E-state index contributed by atoms with van der Waals surface area (Å²) in [7, 11) is 1.70. The van der Waals surface area contributed by atoms with Crippen LogP contribution in [0.1, 0.15) is 32.1 Å². The predicted octanol–water partition coefficient (Wildman–Crippen LogP) is 3.83.